The number of H-pyrrole nitrogens is 1. The van der Waals surface area contributed by atoms with Gasteiger partial charge in [-0.15, -0.1) is 0 Å². The Kier molecular flexibility index (Phi) is 5.39. The van der Waals surface area contributed by atoms with Gasteiger partial charge in [-0.1, -0.05) is 0 Å². The molecule has 0 aliphatic carbocycles. The van der Waals surface area contributed by atoms with E-state index in [-0.39, 0.29) is 23.8 Å². The van der Waals surface area contributed by atoms with Crippen molar-refractivity contribution < 1.29 is 14.7 Å². The van der Waals surface area contributed by atoms with Crippen LogP contribution in [0.25, 0.3) is 0 Å². The molecule has 0 aromatic carbocycles. The SMILES string of the molecule is Cc1[nH]c(=O)c(C(=O)N2CCCC(CCC(=O)O)C2)cc1Br. The fourth-order valence-corrected chi connectivity index (χ4v) is 3.07. The van der Waals surface area contributed by atoms with Crippen molar-refractivity contribution >= 4 is 27.8 Å². The van der Waals surface area contributed by atoms with Crippen molar-refractivity contribution in [3.05, 3.63) is 32.2 Å². The van der Waals surface area contributed by atoms with Crippen LogP contribution in [-0.2, 0) is 4.79 Å². The van der Waals surface area contributed by atoms with Gasteiger partial charge in [-0.3, -0.25) is 14.4 Å². The smallest absolute Gasteiger partial charge is 0.303 e. The molecular formula is C15H19BrN2O4. The van der Waals surface area contributed by atoms with Gasteiger partial charge in [0, 0.05) is 29.7 Å². The zero-order valence-electron chi connectivity index (χ0n) is 12.4. The van der Waals surface area contributed by atoms with Crippen molar-refractivity contribution in [2.45, 2.75) is 32.6 Å². The van der Waals surface area contributed by atoms with E-state index in [4.69, 9.17) is 5.11 Å². The number of aromatic amines is 1. The lowest BCUT2D eigenvalue weighted by Crippen LogP contribution is -2.42. The second-order valence-corrected chi connectivity index (χ2v) is 6.53. The highest BCUT2D eigenvalue weighted by Crippen LogP contribution is 2.22. The molecule has 0 saturated carbocycles. The van der Waals surface area contributed by atoms with E-state index in [0.717, 1.165) is 12.8 Å². The number of rotatable bonds is 4. The van der Waals surface area contributed by atoms with E-state index in [1.165, 1.54) is 0 Å². The first-order chi connectivity index (χ1) is 10.4. The number of hydrogen-bond donors (Lipinski definition) is 2. The van der Waals surface area contributed by atoms with Gasteiger partial charge in [-0.25, -0.2) is 0 Å². The fraction of sp³-hybridized carbons (Fsp3) is 0.533. The summed E-state index contributed by atoms with van der Waals surface area (Å²) in [6.45, 7) is 2.87. The van der Waals surface area contributed by atoms with E-state index >= 15 is 0 Å². The number of aromatic nitrogens is 1. The topological polar surface area (TPSA) is 90.5 Å². The minimum absolute atomic E-state index is 0.114. The van der Waals surface area contributed by atoms with Crippen molar-refractivity contribution in [1.82, 2.24) is 9.88 Å². The van der Waals surface area contributed by atoms with Gasteiger partial charge in [0.1, 0.15) is 5.56 Å². The second kappa shape index (κ2) is 7.09. The van der Waals surface area contributed by atoms with Crippen molar-refractivity contribution in [3.63, 3.8) is 0 Å². The summed E-state index contributed by atoms with van der Waals surface area (Å²) in [5.74, 6) is -0.925. The summed E-state index contributed by atoms with van der Waals surface area (Å²) in [7, 11) is 0. The molecule has 7 heteroatoms. The largest absolute Gasteiger partial charge is 0.481 e. The number of aryl methyl sites for hydroxylation is 1. The summed E-state index contributed by atoms with van der Waals surface area (Å²) in [5, 5.41) is 8.76. The first kappa shape index (κ1) is 16.7. The van der Waals surface area contributed by atoms with Crippen LogP contribution in [0.15, 0.2) is 15.3 Å². The van der Waals surface area contributed by atoms with Gasteiger partial charge in [0.05, 0.1) is 0 Å². The maximum absolute atomic E-state index is 12.5. The molecule has 2 rings (SSSR count). The number of pyridine rings is 1. The number of carboxylic acids is 1. The van der Waals surface area contributed by atoms with Crippen molar-refractivity contribution in [3.8, 4) is 0 Å². The molecule has 22 heavy (non-hydrogen) atoms. The average molecular weight is 371 g/mol. The van der Waals surface area contributed by atoms with E-state index in [2.05, 4.69) is 20.9 Å². The molecule has 6 nitrogen and oxygen atoms in total. The fourth-order valence-electron chi connectivity index (χ4n) is 2.74. The summed E-state index contributed by atoms with van der Waals surface area (Å²) in [4.78, 5) is 39.5. The van der Waals surface area contributed by atoms with Crippen LogP contribution in [0.5, 0.6) is 0 Å². The molecule has 1 aromatic heterocycles. The number of carbonyl (C=O) groups excluding carboxylic acids is 1. The molecular weight excluding hydrogens is 352 g/mol. The van der Waals surface area contributed by atoms with Gasteiger partial charge in [0.15, 0.2) is 0 Å². The molecule has 1 saturated heterocycles. The number of aliphatic carboxylic acids is 1. The predicted octanol–water partition coefficient (Wildman–Crippen LogP) is 2.16. The number of carbonyl (C=O) groups is 2. The molecule has 1 atom stereocenters. The molecule has 1 aliphatic rings. The van der Waals surface area contributed by atoms with Crippen LogP contribution in [0.1, 0.15) is 41.7 Å². The summed E-state index contributed by atoms with van der Waals surface area (Å²) >= 11 is 3.32. The van der Waals surface area contributed by atoms with E-state index in [1.54, 1.807) is 17.9 Å². The lowest BCUT2D eigenvalue weighted by molar-refractivity contribution is -0.137. The first-order valence-electron chi connectivity index (χ1n) is 7.29. The highest BCUT2D eigenvalue weighted by molar-refractivity contribution is 9.10. The third-order valence-corrected chi connectivity index (χ3v) is 4.80. The Morgan fingerprint density at radius 2 is 2.23 bits per heavy atom. The van der Waals surface area contributed by atoms with Gasteiger partial charge in [-0.05, 0) is 54.1 Å². The monoisotopic (exact) mass is 370 g/mol. The van der Waals surface area contributed by atoms with Crippen LogP contribution in [-0.4, -0.2) is 40.0 Å². The molecule has 1 aliphatic heterocycles. The summed E-state index contributed by atoms with van der Waals surface area (Å²) in [6.07, 6.45) is 2.43. The van der Waals surface area contributed by atoms with E-state index in [0.29, 0.717) is 29.7 Å². The third kappa shape index (κ3) is 3.97. The van der Waals surface area contributed by atoms with E-state index < -0.39 is 11.5 Å². The molecule has 1 aromatic rings. The van der Waals surface area contributed by atoms with E-state index in [9.17, 15) is 14.4 Å². The number of amides is 1. The summed E-state index contributed by atoms with van der Waals surface area (Å²) in [6, 6.07) is 1.55. The van der Waals surface area contributed by atoms with E-state index in [1.807, 2.05) is 0 Å². The predicted molar refractivity (Wildman–Crippen MR) is 85.0 cm³/mol. The van der Waals surface area contributed by atoms with Crippen LogP contribution in [0, 0.1) is 12.8 Å². The number of halogens is 1. The molecule has 2 N–H and O–H groups in total. The second-order valence-electron chi connectivity index (χ2n) is 5.68. The van der Waals surface area contributed by atoms with Crippen LogP contribution < -0.4 is 5.56 Å². The standard InChI is InChI=1S/C15H19BrN2O4/c1-9-12(16)7-11(14(21)17-9)15(22)18-6-2-3-10(8-18)4-5-13(19)20/h7,10H,2-6,8H2,1H3,(H,17,21)(H,19,20). The normalized spacial score (nSPS) is 18.3. The van der Waals surface area contributed by atoms with Crippen molar-refractivity contribution in [2.24, 2.45) is 5.92 Å². The zero-order valence-corrected chi connectivity index (χ0v) is 14.0. The van der Waals surface area contributed by atoms with Gasteiger partial charge >= 0.3 is 5.97 Å². The maximum Gasteiger partial charge on any atom is 0.303 e. The van der Waals surface area contributed by atoms with Crippen molar-refractivity contribution in [1.29, 1.82) is 0 Å². The summed E-state index contributed by atoms with van der Waals surface area (Å²) in [5.41, 5.74) is 0.411. The average Bonchev–Trinajstić information content (AvgIpc) is 2.48. The van der Waals surface area contributed by atoms with Crippen molar-refractivity contribution in [2.75, 3.05) is 13.1 Å². The van der Waals surface area contributed by atoms with Crippen LogP contribution in [0.3, 0.4) is 0 Å². The number of hydrogen-bond acceptors (Lipinski definition) is 3. The Bertz CT molecular complexity index is 641. The molecule has 2 heterocycles. The van der Waals surface area contributed by atoms with Gasteiger partial charge in [-0.2, -0.15) is 0 Å². The molecule has 1 fully saturated rings. The summed E-state index contributed by atoms with van der Waals surface area (Å²) < 4.78 is 0.690. The Morgan fingerprint density at radius 1 is 1.50 bits per heavy atom. The maximum atomic E-state index is 12.5. The number of nitrogens with zero attached hydrogens (tertiary/aromatic N) is 1. The minimum atomic E-state index is -0.817. The third-order valence-electron chi connectivity index (χ3n) is 3.98. The highest BCUT2D eigenvalue weighted by atomic mass is 79.9. The Balaban J connectivity index is 2.10. The Labute approximate surface area is 136 Å². The first-order valence-corrected chi connectivity index (χ1v) is 8.08. The molecule has 0 spiro atoms. The zero-order chi connectivity index (χ0) is 16.3. The molecule has 0 radical (unpaired) electrons. The lowest BCUT2D eigenvalue weighted by atomic mass is 9.93. The number of likely N-dealkylation sites (tertiary alicyclic amines) is 1. The van der Waals surface area contributed by atoms with Crippen LogP contribution in [0.2, 0.25) is 0 Å². The van der Waals surface area contributed by atoms with Crippen LogP contribution in [0.4, 0.5) is 0 Å². The van der Waals surface area contributed by atoms with Gasteiger partial charge in [0.2, 0.25) is 0 Å². The van der Waals surface area contributed by atoms with Gasteiger partial charge < -0.3 is 15.0 Å². The molecule has 1 unspecified atom stereocenters. The molecule has 0 bridgehead atoms. The number of carboxylic acid groups (broad SMARTS) is 1. The van der Waals surface area contributed by atoms with Crippen LogP contribution >= 0.6 is 15.9 Å². The Morgan fingerprint density at radius 3 is 2.91 bits per heavy atom. The Hall–Kier alpha value is -1.63. The van der Waals surface area contributed by atoms with Gasteiger partial charge in [0.25, 0.3) is 11.5 Å². The minimum Gasteiger partial charge on any atom is -0.481 e. The number of piperidine rings is 1. The number of nitrogens with one attached hydrogen (secondary N) is 1. The molecule has 1 amide bonds. The highest BCUT2D eigenvalue weighted by Gasteiger charge is 2.26. The lowest BCUT2D eigenvalue weighted by Gasteiger charge is -2.32. The molecule has 120 valence electrons. The quantitative estimate of drug-likeness (QED) is 0.849.